The highest BCUT2D eigenvalue weighted by Crippen LogP contribution is 2.07. The third-order valence-electron chi connectivity index (χ3n) is 2.12. The first kappa shape index (κ1) is 9.92. The number of hydrogen-bond acceptors (Lipinski definition) is 4. The molecule has 0 aromatic heterocycles. The van der Waals surface area contributed by atoms with Crippen molar-refractivity contribution in [3.8, 4) is 0 Å². The molecule has 4 N–H and O–H groups in total. The molecule has 4 heteroatoms. The van der Waals surface area contributed by atoms with E-state index in [1.54, 1.807) is 0 Å². The Balaban J connectivity index is 2.03. The highest BCUT2D eigenvalue weighted by atomic mass is 15.4. The maximum atomic E-state index is 5.38. The Morgan fingerprint density at radius 1 is 1.42 bits per heavy atom. The highest BCUT2D eigenvalue weighted by Gasteiger charge is 2.24. The summed E-state index contributed by atoms with van der Waals surface area (Å²) in [5.41, 5.74) is 5.38. The van der Waals surface area contributed by atoms with Crippen LogP contribution in [0.5, 0.6) is 0 Å². The topological polar surface area (TPSA) is 53.1 Å². The van der Waals surface area contributed by atoms with Gasteiger partial charge in [0.15, 0.2) is 0 Å². The number of nitrogens with one attached hydrogen (secondary N) is 2. The average Bonchev–Trinajstić information content (AvgIpc) is 2.82. The normalized spacial score (nSPS) is 22.2. The largest absolute Gasteiger partial charge is 0.329 e. The maximum Gasteiger partial charge on any atom is 0.0580 e. The number of hydrogen-bond donors (Lipinski definition) is 3. The van der Waals surface area contributed by atoms with Crippen LogP contribution in [0.4, 0.5) is 0 Å². The van der Waals surface area contributed by atoms with Crippen LogP contribution in [0.15, 0.2) is 0 Å². The SMILES string of the molecule is CC(NCCN)NC(C)N1CC1. The summed E-state index contributed by atoms with van der Waals surface area (Å²) < 4.78 is 0. The molecule has 0 radical (unpaired) electrons. The van der Waals surface area contributed by atoms with E-state index in [1.807, 2.05) is 0 Å². The smallest absolute Gasteiger partial charge is 0.0580 e. The van der Waals surface area contributed by atoms with Crippen LogP contribution in [-0.2, 0) is 0 Å². The first-order valence-electron chi connectivity index (χ1n) is 4.67. The maximum absolute atomic E-state index is 5.38. The van der Waals surface area contributed by atoms with E-state index in [2.05, 4.69) is 29.4 Å². The zero-order valence-electron chi connectivity index (χ0n) is 8.01. The van der Waals surface area contributed by atoms with E-state index in [4.69, 9.17) is 5.73 Å². The molecule has 1 rings (SSSR count). The molecule has 1 fully saturated rings. The van der Waals surface area contributed by atoms with Crippen molar-refractivity contribution in [1.29, 1.82) is 0 Å². The van der Waals surface area contributed by atoms with Gasteiger partial charge < -0.3 is 11.1 Å². The van der Waals surface area contributed by atoms with Gasteiger partial charge in [-0.3, -0.25) is 10.2 Å². The summed E-state index contributed by atoms with van der Waals surface area (Å²) in [5, 5.41) is 6.72. The monoisotopic (exact) mass is 172 g/mol. The summed E-state index contributed by atoms with van der Waals surface area (Å²) in [7, 11) is 0. The lowest BCUT2D eigenvalue weighted by Gasteiger charge is -2.21. The van der Waals surface area contributed by atoms with E-state index < -0.39 is 0 Å². The number of nitrogens with two attached hydrogens (primary N) is 1. The van der Waals surface area contributed by atoms with Gasteiger partial charge in [0.25, 0.3) is 0 Å². The predicted molar refractivity (Wildman–Crippen MR) is 50.7 cm³/mol. The van der Waals surface area contributed by atoms with Crippen molar-refractivity contribution >= 4 is 0 Å². The van der Waals surface area contributed by atoms with Gasteiger partial charge in [-0.2, -0.15) is 0 Å². The highest BCUT2D eigenvalue weighted by molar-refractivity contribution is 4.78. The van der Waals surface area contributed by atoms with Gasteiger partial charge in [0.1, 0.15) is 0 Å². The number of nitrogens with zero attached hydrogens (tertiary/aromatic N) is 1. The van der Waals surface area contributed by atoms with Crippen LogP contribution in [0.25, 0.3) is 0 Å². The second-order valence-corrected chi connectivity index (χ2v) is 3.34. The quantitative estimate of drug-likeness (QED) is 0.360. The van der Waals surface area contributed by atoms with E-state index in [9.17, 15) is 0 Å². The van der Waals surface area contributed by atoms with E-state index in [0.717, 1.165) is 6.54 Å². The van der Waals surface area contributed by atoms with Gasteiger partial charge in [0.2, 0.25) is 0 Å². The minimum atomic E-state index is 0.351. The van der Waals surface area contributed by atoms with Crippen LogP contribution >= 0.6 is 0 Å². The molecule has 0 saturated carbocycles. The summed E-state index contributed by atoms with van der Waals surface area (Å²) in [6.07, 6.45) is 0.842. The van der Waals surface area contributed by atoms with Crippen molar-refractivity contribution in [2.45, 2.75) is 26.2 Å². The second kappa shape index (κ2) is 4.77. The molecule has 1 aliphatic rings. The molecule has 72 valence electrons. The molecule has 1 aliphatic heterocycles. The van der Waals surface area contributed by atoms with E-state index >= 15 is 0 Å². The Morgan fingerprint density at radius 2 is 2.08 bits per heavy atom. The predicted octanol–water partition coefficient (Wildman–Crippen LogP) is -0.868. The Hall–Kier alpha value is -0.160. The minimum Gasteiger partial charge on any atom is -0.329 e. The molecule has 0 spiro atoms. The fraction of sp³-hybridized carbons (Fsp3) is 1.00. The van der Waals surface area contributed by atoms with Crippen LogP contribution in [-0.4, -0.2) is 43.4 Å². The molecule has 2 atom stereocenters. The van der Waals surface area contributed by atoms with E-state index in [-0.39, 0.29) is 0 Å². The van der Waals surface area contributed by atoms with Gasteiger partial charge in [-0.1, -0.05) is 0 Å². The lowest BCUT2D eigenvalue weighted by molar-refractivity contribution is 0.301. The van der Waals surface area contributed by atoms with Gasteiger partial charge >= 0.3 is 0 Å². The third-order valence-corrected chi connectivity index (χ3v) is 2.12. The average molecular weight is 172 g/mol. The second-order valence-electron chi connectivity index (χ2n) is 3.34. The molecule has 0 aliphatic carbocycles. The molecule has 1 saturated heterocycles. The van der Waals surface area contributed by atoms with Gasteiger partial charge in [-0.25, -0.2) is 0 Å². The van der Waals surface area contributed by atoms with Gasteiger partial charge in [0, 0.05) is 26.2 Å². The van der Waals surface area contributed by atoms with Gasteiger partial charge in [0.05, 0.1) is 12.3 Å². The number of rotatable bonds is 6. The van der Waals surface area contributed by atoms with Crippen molar-refractivity contribution in [1.82, 2.24) is 15.5 Å². The van der Waals surface area contributed by atoms with Crippen molar-refractivity contribution < 1.29 is 0 Å². The van der Waals surface area contributed by atoms with Crippen molar-refractivity contribution in [2.24, 2.45) is 5.73 Å². The van der Waals surface area contributed by atoms with Crippen LogP contribution in [0.2, 0.25) is 0 Å². The Morgan fingerprint density at radius 3 is 2.58 bits per heavy atom. The van der Waals surface area contributed by atoms with Crippen LogP contribution < -0.4 is 16.4 Å². The fourth-order valence-electron chi connectivity index (χ4n) is 1.27. The van der Waals surface area contributed by atoms with Crippen molar-refractivity contribution in [2.75, 3.05) is 26.2 Å². The summed E-state index contributed by atoms with van der Waals surface area (Å²) in [6, 6.07) is 0. The standard InChI is InChI=1S/C8H20N4/c1-7(10-4-3-9)11-8(2)12-5-6-12/h7-8,10-11H,3-6,9H2,1-2H3. The molecule has 1 heterocycles. The zero-order chi connectivity index (χ0) is 8.97. The molecule has 4 nitrogen and oxygen atoms in total. The molecule has 12 heavy (non-hydrogen) atoms. The van der Waals surface area contributed by atoms with Gasteiger partial charge in [-0.05, 0) is 13.8 Å². The molecule has 0 aromatic rings. The molecule has 0 bridgehead atoms. The lowest BCUT2D eigenvalue weighted by Crippen LogP contribution is -2.48. The summed E-state index contributed by atoms with van der Waals surface area (Å²) in [5.74, 6) is 0. The molecule has 0 aromatic carbocycles. The van der Waals surface area contributed by atoms with E-state index in [1.165, 1.54) is 13.1 Å². The Kier molecular flexibility index (Phi) is 3.94. The first-order valence-corrected chi connectivity index (χ1v) is 4.67. The fourth-order valence-corrected chi connectivity index (χ4v) is 1.27. The summed E-state index contributed by atoms with van der Waals surface area (Å²) >= 11 is 0. The van der Waals surface area contributed by atoms with Crippen LogP contribution in [0.1, 0.15) is 13.8 Å². The third kappa shape index (κ3) is 3.49. The first-order chi connectivity index (χ1) is 5.74. The minimum absolute atomic E-state index is 0.351. The van der Waals surface area contributed by atoms with Crippen molar-refractivity contribution in [3.63, 3.8) is 0 Å². The summed E-state index contributed by atoms with van der Waals surface area (Å²) in [4.78, 5) is 2.38. The Labute approximate surface area is 74.5 Å². The summed E-state index contributed by atoms with van der Waals surface area (Å²) in [6.45, 7) is 8.35. The van der Waals surface area contributed by atoms with Crippen molar-refractivity contribution in [3.05, 3.63) is 0 Å². The van der Waals surface area contributed by atoms with Gasteiger partial charge in [-0.15, -0.1) is 0 Å². The zero-order valence-corrected chi connectivity index (χ0v) is 8.01. The van der Waals surface area contributed by atoms with E-state index in [0.29, 0.717) is 18.9 Å². The molecular weight excluding hydrogens is 152 g/mol. The Bertz CT molecular complexity index is 124. The van der Waals surface area contributed by atoms with Crippen LogP contribution in [0.3, 0.4) is 0 Å². The lowest BCUT2D eigenvalue weighted by atomic mass is 10.4. The molecular formula is C8H20N4. The molecule has 0 amide bonds. The molecule has 2 unspecified atom stereocenters. The van der Waals surface area contributed by atoms with Crippen LogP contribution in [0, 0.1) is 0 Å².